The average Bonchev–Trinajstić information content (AvgIpc) is 3.26. The zero-order valence-corrected chi connectivity index (χ0v) is 17.5. The van der Waals surface area contributed by atoms with Crippen LogP contribution in [-0.4, -0.2) is 26.7 Å². The highest BCUT2D eigenvalue weighted by Crippen LogP contribution is 2.30. The quantitative estimate of drug-likeness (QED) is 0.562. The first-order chi connectivity index (χ1) is 13.0. The summed E-state index contributed by atoms with van der Waals surface area (Å²) in [6.07, 6.45) is 0. The fourth-order valence-corrected chi connectivity index (χ4v) is 4.79. The minimum Gasteiger partial charge on any atom is -0.330 e. The average molecular weight is 416 g/mol. The third-order valence-electron chi connectivity index (χ3n) is 3.84. The summed E-state index contributed by atoms with van der Waals surface area (Å²) in [5.41, 5.74) is 4.20. The number of benzene rings is 1. The fourth-order valence-electron chi connectivity index (χ4n) is 2.25. The Kier molecular flexibility index (Phi) is 6.21. The Labute approximate surface area is 169 Å². The van der Waals surface area contributed by atoms with Crippen LogP contribution in [0.4, 0.5) is 10.8 Å². The highest BCUT2D eigenvalue weighted by atomic mass is 32.2. The van der Waals surface area contributed by atoms with Crippen molar-refractivity contribution in [2.45, 2.75) is 31.0 Å². The smallest absolute Gasteiger partial charge is 0.210 e. The van der Waals surface area contributed by atoms with Gasteiger partial charge in [0, 0.05) is 16.8 Å². The maximum absolute atomic E-state index is 12.4. The van der Waals surface area contributed by atoms with E-state index in [4.69, 9.17) is 0 Å². The fraction of sp³-hybridized carbons (Fsp3) is 0.278. The minimum absolute atomic E-state index is 0.162. The topological polar surface area (TPSA) is 91.6 Å². The molecule has 0 fully saturated rings. The molecule has 0 aliphatic carbocycles. The summed E-state index contributed by atoms with van der Waals surface area (Å²) in [5.74, 6) is -0.831. The van der Waals surface area contributed by atoms with Crippen molar-refractivity contribution in [3.8, 4) is 6.07 Å². The number of Topliss-reactive ketones (excluding diaryl/α,β-unsaturated/α-hetero) is 1. The summed E-state index contributed by atoms with van der Waals surface area (Å²) in [4.78, 5) is 16.6. The standard InChI is InChI=1S/C18H17N5OS3/c1-10-4-5-13(6-11(10)2)21-17-22-23-18(27-17)26-9-15(24)14(7-19)16-20-12(3)8-25-16/h4-6,8,14H,9H2,1-3H3,(H,21,22)/t14-/m1/s1. The van der Waals surface area contributed by atoms with Crippen LogP contribution in [0.15, 0.2) is 27.9 Å². The summed E-state index contributed by atoms with van der Waals surface area (Å²) < 4.78 is 0.682. The number of hydrogen-bond acceptors (Lipinski definition) is 9. The van der Waals surface area contributed by atoms with E-state index in [-0.39, 0.29) is 11.5 Å². The lowest BCUT2D eigenvalue weighted by atomic mass is 10.1. The predicted octanol–water partition coefficient (Wildman–Crippen LogP) is 4.63. The van der Waals surface area contributed by atoms with Gasteiger partial charge in [0.05, 0.1) is 11.8 Å². The second-order valence-electron chi connectivity index (χ2n) is 5.94. The van der Waals surface area contributed by atoms with E-state index in [9.17, 15) is 10.1 Å². The maximum atomic E-state index is 12.4. The molecule has 138 valence electrons. The van der Waals surface area contributed by atoms with Crippen molar-refractivity contribution in [1.82, 2.24) is 15.2 Å². The van der Waals surface area contributed by atoms with Crippen LogP contribution in [0.3, 0.4) is 0 Å². The van der Waals surface area contributed by atoms with Gasteiger partial charge in [0.25, 0.3) is 0 Å². The lowest BCUT2D eigenvalue weighted by Gasteiger charge is -2.05. The second-order valence-corrected chi connectivity index (χ2v) is 9.03. The number of rotatable bonds is 7. The molecular formula is C18H17N5OS3. The Balaban J connectivity index is 1.59. The molecule has 3 aromatic rings. The van der Waals surface area contributed by atoms with Crippen LogP contribution in [0.1, 0.15) is 27.7 Å². The molecule has 0 spiro atoms. The number of aromatic nitrogens is 3. The Morgan fingerprint density at radius 3 is 2.78 bits per heavy atom. The first kappa shape index (κ1) is 19.5. The molecule has 2 heterocycles. The number of hydrogen-bond donors (Lipinski definition) is 1. The molecule has 27 heavy (non-hydrogen) atoms. The molecule has 1 aromatic carbocycles. The Bertz CT molecular complexity index is 1000. The molecule has 6 nitrogen and oxygen atoms in total. The van der Waals surface area contributed by atoms with Crippen molar-refractivity contribution >= 4 is 51.0 Å². The van der Waals surface area contributed by atoms with E-state index in [0.29, 0.717) is 14.5 Å². The van der Waals surface area contributed by atoms with Crippen LogP contribution in [0, 0.1) is 32.1 Å². The normalized spacial score (nSPS) is 11.8. The number of carbonyl (C=O) groups excluding carboxylic acids is 1. The van der Waals surface area contributed by atoms with E-state index in [2.05, 4.69) is 52.5 Å². The van der Waals surface area contributed by atoms with E-state index in [1.54, 1.807) is 0 Å². The van der Waals surface area contributed by atoms with Gasteiger partial charge in [-0.05, 0) is 44.0 Å². The molecule has 9 heteroatoms. The molecule has 0 aliphatic heterocycles. The molecule has 3 rings (SSSR count). The summed E-state index contributed by atoms with van der Waals surface area (Å²) in [6, 6.07) is 8.16. The highest BCUT2D eigenvalue weighted by molar-refractivity contribution is 8.01. The van der Waals surface area contributed by atoms with Crippen LogP contribution in [0.2, 0.25) is 0 Å². The number of nitrogens with zero attached hydrogens (tertiary/aromatic N) is 4. The van der Waals surface area contributed by atoms with E-state index in [0.717, 1.165) is 11.4 Å². The third-order valence-corrected chi connectivity index (χ3v) is 6.86. The lowest BCUT2D eigenvalue weighted by molar-refractivity contribution is -0.116. The largest absolute Gasteiger partial charge is 0.330 e. The number of thioether (sulfide) groups is 1. The van der Waals surface area contributed by atoms with Crippen molar-refractivity contribution in [2.24, 2.45) is 0 Å². The lowest BCUT2D eigenvalue weighted by Crippen LogP contribution is -2.13. The molecule has 1 atom stereocenters. The van der Waals surface area contributed by atoms with Gasteiger partial charge in [-0.3, -0.25) is 4.79 Å². The van der Waals surface area contributed by atoms with Crippen LogP contribution >= 0.6 is 34.4 Å². The number of anilines is 2. The number of ketones is 1. The van der Waals surface area contributed by atoms with Gasteiger partial charge in [-0.15, -0.1) is 21.5 Å². The van der Waals surface area contributed by atoms with Gasteiger partial charge in [0.15, 0.2) is 16.0 Å². The van der Waals surface area contributed by atoms with Crippen LogP contribution in [0.5, 0.6) is 0 Å². The van der Waals surface area contributed by atoms with Gasteiger partial charge in [-0.1, -0.05) is 29.2 Å². The molecule has 0 saturated heterocycles. The summed E-state index contributed by atoms with van der Waals surface area (Å²) in [6.45, 7) is 5.97. The van der Waals surface area contributed by atoms with Crippen molar-refractivity contribution in [2.75, 3.05) is 11.1 Å². The van der Waals surface area contributed by atoms with Crippen LogP contribution in [0.25, 0.3) is 0 Å². The Hall–Kier alpha value is -2.28. The maximum Gasteiger partial charge on any atom is 0.210 e. The molecule has 2 aromatic heterocycles. The highest BCUT2D eigenvalue weighted by Gasteiger charge is 2.23. The van der Waals surface area contributed by atoms with Gasteiger partial charge in [0.1, 0.15) is 5.01 Å². The number of nitriles is 1. The second kappa shape index (κ2) is 8.61. The Morgan fingerprint density at radius 2 is 2.11 bits per heavy atom. The molecule has 0 unspecified atom stereocenters. The van der Waals surface area contributed by atoms with Gasteiger partial charge in [-0.2, -0.15) is 5.26 Å². The molecule has 0 radical (unpaired) electrons. The summed E-state index contributed by atoms with van der Waals surface area (Å²) >= 11 is 4.01. The number of nitrogens with one attached hydrogen (secondary N) is 1. The van der Waals surface area contributed by atoms with Gasteiger partial charge in [-0.25, -0.2) is 4.98 Å². The number of thiazole rings is 1. The molecule has 1 N–H and O–H groups in total. The third kappa shape index (κ3) is 4.91. The first-order valence-corrected chi connectivity index (χ1v) is 10.8. The van der Waals surface area contributed by atoms with Crippen molar-refractivity contribution < 1.29 is 4.79 Å². The van der Waals surface area contributed by atoms with E-state index < -0.39 is 5.92 Å². The predicted molar refractivity (Wildman–Crippen MR) is 110 cm³/mol. The minimum atomic E-state index is -0.822. The SMILES string of the molecule is Cc1csc([C@H](C#N)C(=O)CSc2nnc(Nc3ccc(C)c(C)c3)s2)n1. The zero-order chi connectivity index (χ0) is 19.4. The van der Waals surface area contributed by atoms with Crippen LogP contribution < -0.4 is 5.32 Å². The number of aryl methyl sites for hydroxylation is 3. The summed E-state index contributed by atoms with van der Waals surface area (Å²) in [5, 5.41) is 23.8. The van der Waals surface area contributed by atoms with Gasteiger partial charge < -0.3 is 5.32 Å². The van der Waals surface area contributed by atoms with Gasteiger partial charge >= 0.3 is 0 Å². The van der Waals surface area contributed by atoms with Gasteiger partial charge in [0.2, 0.25) is 5.13 Å². The van der Waals surface area contributed by atoms with Crippen molar-refractivity contribution in [3.05, 3.63) is 45.4 Å². The van der Waals surface area contributed by atoms with Crippen molar-refractivity contribution in [3.63, 3.8) is 0 Å². The first-order valence-electron chi connectivity index (χ1n) is 8.11. The molecule has 0 saturated carbocycles. The van der Waals surface area contributed by atoms with E-state index in [1.165, 1.54) is 45.6 Å². The Morgan fingerprint density at radius 1 is 1.30 bits per heavy atom. The number of carbonyl (C=O) groups is 1. The van der Waals surface area contributed by atoms with E-state index in [1.807, 2.05) is 18.4 Å². The molecular weight excluding hydrogens is 398 g/mol. The zero-order valence-electron chi connectivity index (χ0n) is 15.0. The van der Waals surface area contributed by atoms with Crippen LogP contribution in [-0.2, 0) is 4.79 Å². The van der Waals surface area contributed by atoms with E-state index >= 15 is 0 Å². The van der Waals surface area contributed by atoms with Crippen molar-refractivity contribution in [1.29, 1.82) is 5.26 Å². The molecule has 0 aliphatic rings. The molecule has 0 bridgehead atoms. The monoisotopic (exact) mass is 415 g/mol. The molecule has 0 amide bonds. The summed E-state index contributed by atoms with van der Waals surface area (Å²) in [7, 11) is 0.